The molecule has 0 aliphatic heterocycles. The van der Waals surface area contributed by atoms with E-state index in [4.69, 9.17) is 0 Å². The van der Waals surface area contributed by atoms with Gasteiger partial charge in [-0.3, -0.25) is 10.1 Å². The van der Waals surface area contributed by atoms with E-state index in [0.717, 1.165) is 6.07 Å². The van der Waals surface area contributed by atoms with Crippen LogP contribution in [0.5, 0.6) is 0 Å². The van der Waals surface area contributed by atoms with Crippen LogP contribution in [0.25, 0.3) is 0 Å². The van der Waals surface area contributed by atoms with Crippen molar-refractivity contribution in [1.82, 2.24) is 0 Å². The Labute approximate surface area is 71.6 Å². The number of rotatable bonds is 1. The molecule has 1 rings (SSSR count). The van der Waals surface area contributed by atoms with Crippen LogP contribution in [-0.2, 0) is 0 Å². The van der Waals surface area contributed by atoms with E-state index in [0.29, 0.717) is 6.07 Å². The summed E-state index contributed by atoms with van der Waals surface area (Å²) in [6.07, 6.45) is 0. The van der Waals surface area contributed by atoms with Crippen molar-refractivity contribution in [3.8, 4) is 0 Å². The topological polar surface area (TPSA) is 43.1 Å². The third kappa shape index (κ3) is 1.53. The van der Waals surface area contributed by atoms with Crippen LogP contribution in [0.2, 0.25) is 0 Å². The van der Waals surface area contributed by atoms with Gasteiger partial charge in [0.25, 0.3) is 0 Å². The Balaban J connectivity index is 3.33. The Morgan fingerprint density at radius 2 is 1.92 bits per heavy atom. The third-order valence-electron chi connectivity index (χ3n) is 1.21. The van der Waals surface area contributed by atoms with Gasteiger partial charge in [0, 0.05) is 17.0 Å². The van der Waals surface area contributed by atoms with Gasteiger partial charge >= 0.3 is 5.69 Å². The van der Waals surface area contributed by atoms with Crippen LogP contribution in [0.15, 0.2) is 17.0 Å². The van der Waals surface area contributed by atoms with Crippen molar-refractivity contribution in [1.29, 1.82) is 0 Å². The average molecular weight is 191 g/mol. The number of thiol groups is 1. The van der Waals surface area contributed by atoms with Gasteiger partial charge in [-0.05, 0) is 0 Å². The highest BCUT2D eigenvalue weighted by Gasteiger charge is 2.16. The van der Waals surface area contributed by atoms with Crippen molar-refractivity contribution in [3.63, 3.8) is 0 Å². The molecule has 0 N–H and O–H groups in total. The molecule has 1 aromatic carbocycles. The highest BCUT2D eigenvalue weighted by Crippen LogP contribution is 2.23. The van der Waals surface area contributed by atoms with E-state index in [1.165, 1.54) is 0 Å². The summed E-state index contributed by atoms with van der Waals surface area (Å²) >= 11 is 3.56. The van der Waals surface area contributed by atoms with Gasteiger partial charge in [-0.15, -0.1) is 12.6 Å². The summed E-state index contributed by atoms with van der Waals surface area (Å²) in [4.78, 5) is 8.91. The molecule has 0 bridgehead atoms. The predicted octanol–water partition coefficient (Wildman–Crippen LogP) is 2.16. The van der Waals surface area contributed by atoms with E-state index < -0.39 is 22.2 Å². The van der Waals surface area contributed by atoms with Crippen molar-refractivity contribution >= 4 is 18.3 Å². The van der Waals surface area contributed by atoms with E-state index in [9.17, 15) is 18.9 Å². The van der Waals surface area contributed by atoms with Crippen molar-refractivity contribution < 1.29 is 13.7 Å². The van der Waals surface area contributed by atoms with Gasteiger partial charge in [-0.1, -0.05) is 0 Å². The number of hydrogen-bond donors (Lipinski definition) is 1. The zero-order chi connectivity index (χ0) is 9.30. The molecule has 0 fully saturated rings. The standard InChI is InChI=1S/C6H3F2NO2S/c7-3-1-4(8)6(12)2-5(3)9(10)11/h1-2,12H. The lowest BCUT2D eigenvalue weighted by Crippen LogP contribution is -1.93. The Morgan fingerprint density at radius 3 is 2.42 bits per heavy atom. The first-order chi connectivity index (χ1) is 5.52. The number of nitro benzene ring substituents is 1. The van der Waals surface area contributed by atoms with E-state index in [1.54, 1.807) is 0 Å². The zero-order valence-electron chi connectivity index (χ0n) is 5.62. The van der Waals surface area contributed by atoms with E-state index in [-0.39, 0.29) is 4.90 Å². The number of halogens is 2. The smallest absolute Gasteiger partial charge is 0.258 e. The molecular weight excluding hydrogens is 188 g/mol. The summed E-state index contributed by atoms with van der Waals surface area (Å²) in [6.45, 7) is 0. The zero-order valence-corrected chi connectivity index (χ0v) is 6.52. The fourth-order valence-electron chi connectivity index (χ4n) is 0.666. The molecule has 12 heavy (non-hydrogen) atoms. The molecule has 0 amide bonds. The van der Waals surface area contributed by atoms with Crippen LogP contribution >= 0.6 is 12.6 Å². The quantitative estimate of drug-likeness (QED) is 0.420. The highest BCUT2D eigenvalue weighted by molar-refractivity contribution is 7.80. The molecule has 0 aromatic heterocycles. The van der Waals surface area contributed by atoms with E-state index in [2.05, 4.69) is 12.6 Å². The SMILES string of the molecule is O=[N+]([O-])c1cc(S)c(F)cc1F. The normalized spacial score (nSPS) is 9.92. The number of nitro groups is 1. The van der Waals surface area contributed by atoms with Crippen molar-refractivity contribution in [2.75, 3.05) is 0 Å². The van der Waals surface area contributed by atoms with Crippen LogP contribution in [0.3, 0.4) is 0 Å². The van der Waals surface area contributed by atoms with Crippen LogP contribution in [-0.4, -0.2) is 4.92 Å². The lowest BCUT2D eigenvalue weighted by atomic mass is 10.3. The van der Waals surface area contributed by atoms with Crippen LogP contribution in [0.4, 0.5) is 14.5 Å². The largest absolute Gasteiger partial charge is 0.306 e. The van der Waals surface area contributed by atoms with Gasteiger partial charge < -0.3 is 0 Å². The molecule has 64 valence electrons. The summed E-state index contributed by atoms with van der Waals surface area (Å²) in [5.41, 5.74) is -0.776. The predicted molar refractivity (Wildman–Crippen MR) is 40.3 cm³/mol. The second-order valence-electron chi connectivity index (χ2n) is 2.01. The van der Waals surface area contributed by atoms with E-state index >= 15 is 0 Å². The van der Waals surface area contributed by atoms with Gasteiger partial charge in [0.05, 0.1) is 4.92 Å². The molecule has 0 radical (unpaired) electrons. The van der Waals surface area contributed by atoms with Crippen molar-refractivity contribution in [2.24, 2.45) is 0 Å². The minimum Gasteiger partial charge on any atom is -0.258 e. The number of benzene rings is 1. The lowest BCUT2D eigenvalue weighted by molar-refractivity contribution is -0.387. The molecule has 1 aromatic rings. The number of hydrogen-bond acceptors (Lipinski definition) is 3. The summed E-state index contributed by atoms with van der Waals surface area (Å²) in [5, 5.41) is 10.1. The maximum atomic E-state index is 12.6. The van der Waals surface area contributed by atoms with Gasteiger partial charge in [-0.2, -0.15) is 4.39 Å². The molecule has 0 aliphatic carbocycles. The first-order valence-corrected chi connectivity index (χ1v) is 3.29. The Bertz CT molecular complexity index is 343. The molecule has 0 atom stereocenters. The second kappa shape index (κ2) is 3.06. The van der Waals surface area contributed by atoms with Gasteiger partial charge in [0.1, 0.15) is 5.82 Å². The van der Waals surface area contributed by atoms with E-state index in [1.807, 2.05) is 0 Å². The molecule has 0 unspecified atom stereocenters. The molecule has 6 heteroatoms. The Hall–Kier alpha value is -1.17. The molecule has 0 saturated carbocycles. The molecule has 0 spiro atoms. The molecule has 0 heterocycles. The van der Waals surface area contributed by atoms with Crippen LogP contribution < -0.4 is 0 Å². The Kier molecular flexibility index (Phi) is 2.27. The van der Waals surface area contributed by atoms with Gasteiger partial charge in [-0.25, -0.2) is 4.39 Å². The summed E-state index contributed by atoms with van der Waals surface area (Å²) in [6, 6.07) is 1.16. The van der Waals surface area contributed by atoms with Crippen molar-refractivity contribution in [3.05, 3.63) is 33.9 Å². The van der Waals surface area contributed by atoms with Crippen LogP contribution in [0, 0.1) is 21.7 Å². The lowest BCUT2D eigenvalue weighted by Gasteiger charge is -1.96. The van der Waals surface area contributed by atoms with Gasteiger partial charge in [0.15, 0.2) is 0 Å². The molecule has 0 saturated heterocycles. The van der Waals surface area contributed by atoms with Gasteiger partial charge in [0.2, 0.25) is 5.82 Å². The Morgan fingerprint density at radius 1 is 1.33 bits per heavy atom. The minimum atomic E-state index is -1.20. The fourth-order valence-corrected chi connectivity index (χ4v) is 0.853. The molecule has 0 aliphatic rings. The van der Waals surface area contributed by atoms with Crippen LogP contribution in [0.1, 0.15) is 0 Å². The van der Waals surface area contributed by atoms with Crippen molar-refractivity contribution in [2.45, 2.75) is 4.90 Å². The highest BCUT2D eigenvalue weighted by atomic mass is 32.1. The molecule has 3 nitrogen and oxygen atoms in total. The maximum Gasteiger partial charge on any atom is 0.306 e. The molecular formula is C6H3F2NO2S. The summed E-state index contributed by atoms with van der Waals surface area (Å²) in [7, 11) is 0. The average Bonchev–Trinajstić information content (AvgIpc) is 1.96. The first-order valence-electron chi connectivity index (χ1n) is 2.85. The number of nitrogens with zero attached hydrogens (tertiary/aromatic N) is 1. The summed E-state index contributed by atoms with van der Waals surface area (Å²) in [5.74, 6) is -2.11. The third-order valence-corrected chi connectivity index (χ3v) is 1.56. The monoisotopic (exact) mass is 191 g/mol. The fraction of sp³-hybridized carbons (Fsp3) is 0. The minimum absolute atomic E-state index is 0.247. The maximum absolute atomic E-state index is 12.6. The second-order valence-corrected chi connectivity index (χ2v) is 2.49. The summed E-state index contributed by atoms with van der Waals surface area (Å²) < 4.78 is 25.0. The first kappa shape index (κ1) is 8.92.